The lowest BCUT2D eigenvalue weighted by molar-refractivity contribution is -0.141. The quantitative estimate of drug-likeness (QED) is 0.937. The minimum Gasteiger partial charge on any atom is -0.497 e. The number of hydrogen-bond donors (Lipinski definition) is 1. The second kappa shape index (κ2) is 6.19. The third-order valence-electron chi connectivity index (χ3n) is 3.01. The molecule has 124 valence electrons. The smallest absolute Gasteiger partial charge is 0.435 e. The monoisotopic (exact) mass is 329 g/mol. The number of aromatic nitrogens is 2. The first-order valence-corrected chi connectivity index (χ1v) is 6.40. The molecular weight excluding hydrogens is 315 g/mol. The summed E-state index contributed by atoms with van der Waals surface area (Å²) in [5.41, 5.74) is -1.03. The number of rotatable bonds is 4. The number of ether oxygens (including phenoxy) is 2. The van der Waals surface area contributed by atoms with Crippen molar-refractivity contribution in [3.05, 3.63) is 35.7 Å². The van der Waals surface area contributed by atoms with E-state index in [2.05, 4.69) is 10.4 Å². The highest BCUT2D eigenvalue weighted by Crippen LogP contribution is 2.29. The van der Waals surface area contributed by atoms with Crippen LogP contribution in [-0.2, 0) is 13.2 Å². The van der Waals surface area contributed by atoms with Gasteiger partial charge >= 0.3 is 6.18 Å². The number of hydrogen-bond acceptors (Lipinski definition) is 4. The van der Waals surface area contributed by atoms with Gasteiger partial charge in [0.25, 0.3) is 5.91 Å². The van der Waals surface area contributed by atoms with Crippen LogP contribution >= 0.6 is 0 Å². The number of alkyl halides is 3. The standard InChI is InChI=1S/C14H14F3N3O3/c1-20-11(7-12(19-20)14(15,16)17)13(21)18-8-4-9(22-2)6-10(5-8)23-3/h4-7H,1-3H3,(H,18,21). The highest BCUT2D eigenvalue weighted by atomic mass is 19.4. The molecule has 1 aromatic heterocycles. The summed E-state index contributed by atoms with van der Waals surface area (Å²) < 4.78 is 48.9. The van der Waals surface area contributed by atoms with Gasteiger partial charge in [-0.1, -0.05) is 0 Å². The van der Waals surface area contributed by atoms with Gasteiger partial charge in [0.2, 0.25) is 0 Å². The first-order valence-electron chi connectivity index (χ1n) is 6.40. The van der Waals surface area contributed by atoms with E-state index in [4.69, 9.17) is 9.47 Å². The predicted octanol–water partition coefficient (Wildman–Crippen LogP) is 2.71. The van der Waals surface area contributed by atoms with Crippen LogP contribution in [0.15, 0.2) is 24.3 Å². The molecule has 1 heterocycles. The van der Waals surface area contributed by atoms with E-state index in [-0.39, 0.29) is 5.69 Å². The van der Waals surface area contributed by atoms with Gasteiger partial charge in [-0.05, 0) is 0 Å². The summed E-state index contributed by atoms with van der Waals surface area (Å²) in [5.74, 6) is 0.132. The molecule has 1 N–H and O–H groups in total. The molecule has 0 bridgehead atoms. The molecule has 2 aromatic rings. The second-order valence-electron chi connectivity index (χ2n) is 4.59. The van der Waals surface area contributed by atoms with Gasteiger partial charge in [-0.3, -0.25) is 9.48 Å². The summed E-state index contributed by atoms with van der Waals surface area (Å²) in [6, 6.07) is 5.32. The van der Waals surface area contributed by atoms with Gasteiger partial charge in [0.1, 0.15) is 17.2 Å². The number of aryl methyl sites for hydroxylation is 1. The molecule has 0 spiro atoms. The molecule has 0 radical (unpaired) electrons. The Morgan fingerprint density at radius 1 is 1.13 bits per heavy atom. The van der Waals surface area contributed by atoms with E-state index >= 15 is 0 Å². The Bertz CT molecular complexity index is 704. The Morgan fingerprint density at radius 2 is 1.70 bits per heavy atom. The maximum absolute atomic E-state index is 12.6. The number of nitrogens with zero attached hydrogens (tertiary/aromatic N) is 2. The molecule has 2 rings (SSSR count). The molecule has 0 saturated heterocycles. The summed E-state index contributed by atoms with van der Waals surface area (Å²) in [7, 11) is 4.14. The molecule has 6 nitrogen and oxygen atoms in total. The Kier molecular flexibility index (Phi) is 4.48. The Labute approximate surface area is 129 Å². The van der Waals surface area contributed by atoms with Crippen molar-refractivity contribution < 1.29 is 27.4 Å². The normalized spacial score (nSPS) is 11.2. The molecule has 1 aromatic carbocycles. The molecule has 0 atom stereocenters. The van der Waals surface area contributed by atoms with Crippen molar-refractivity contribution in [1.82, 2.24) is 9.78 Å². The van der Waals surface area contributed by atoms with Crippen LogP contribution in [0, 0.1) is 0 Å². The van der Waals surface area contributed by atoms with Crippen LogP contribution in [0.5, 0.6) is 11.5 Å². The average molecular weight is 329 g/mol. The molecule has 0 fully saturated rings. The lowest BCUT2D eigenvalue weighted by Crippen LogP contribution is -2.16. The zero-order valence-electron chi connectivity index (χ0n) is 12.6. The van der Waals surface area contributed by atoms with Crippen LogP contribution in [0.3, 0.4) is 0 Å². The Morgan fingerprint density at radius 3 is 2.13 bits per heavy atom. The van der Waals surface area contributed by atoms with Crippen LogP contribution in [0.25, 0.3) is 0 Å². The molecular formula is C14H14F3N3O3. The van der Waals surface area contributed by atoms with Crippen molar-refractivity contribution in [2.75, 3.05) is 19.5 Å². The molecule has 23 heavy (non-hydrogen) atoms. The zero-order chi connectivity index (χ0) is 17.2. The first-order chi connectivity index (χ1) is 10.7. The third-order valence-corrected chi connectivity index (χ3v) is 3.01. The largest absolute Gasteiger partial charge is 0.497 e. The number of carbonyl (C=O) groups excluding carboxylic acids is 1. The van der Waals surface area contributed by atoms with Crippen molar-refractivity contribution in [3.8, 4) is 11.5 Å². The Balaban J connectivity index is 2.27. The fraction of sp³-hybridized carbons (Fsp3) is 0.286. The first kappa shape index (κ1) is 16.7. The highest BCUT2D eigenvalue weighted by molar-refractivity contribution is 6.03. The van der Waals surface area contributed by atoms with E-state index < -0.39 is 17.8 Å². The number of carbonyl (C=O) groups is 1. The molecule has 0 aliphatic rings. The minimum absolute atomic E-state index is 0.223. The topological polar surface area (TPSA) is 65.4 Å². The van der Waals surface area contributed by atoms with Crippen molar-refractivity contribution >= 4 is 11.6 Å². The number of benzene rings is 1. The van der Waals surface area contributed by atoms with Crippen LogP contribution in [-0.4, -0.2) is 29.9 Å². The molecule has 0 aliphatic carbocycles. The number of anilines is 1. The molecule has 0 saturated carbocycles. The molecule has 1 amide bonds. The van der Waals surface area contributed by atoms with E-state index in [9.17, 15) is 18.0 Å². The van der Waals surface area contributed by atoms with E-state index in [1.54, 1.807) is 6.07 Å². The van der Waals surface area contributed by atoms with Gasteiger partial charge < -0.3 is 14.8 Å². The fourth-order valence-corrected chi connectivity index (χ4v) is 1.89. The summed E-state index contributed by atoms with van der Waals surface area (Å²) in [5, 5.41) is 5.78. The van der Waals surface area contributed by atoms with Crippen LogP contribution in [0.4, 0.5) is 18.9 Å². The lowest BCUT2D eigenvalue weighted by atomic mass is 10.2. The van der Waals surface area contributed by atoms with E-state index in [1.165, 1.54) is 33.4 Å². The van der Waals surface area contributed by atoms with Crippen molar-refractivity contribution in [2.24, 2.45) is 7.05 Å². The van der Waals surface area contributed by atoms with E-state index in [0.717, 1.165) is 4.68 Å². The van der Waals surface area contributed by atoms with Crippen LogP contribution in [0.2, 0.25) is 0 Å². The van der Waals surface area contributed by atoms with E-state index in [0.29, 0.717) is 23.3 Å². The van der Waals surface area contributed by atoms with E-state index in [1.807, 2.05) is 0 Å². The SMILES string of the molecule is COc1cc(NC(=O)c2cc(C(F)(F)F)nn2C)cc(OC)c1. The van der Waals surface area contributed by atoms with Crippen molar-refractivity contribution in [2.45, 2.75) is 6.18 Å². The van der Waals surface area contributed by atoms with Gasteiger partial charge in [0.05, 0.1) is 14.2 Å². The van der Waals surface area contributed by atoms with Gasteiger partial charge in [-0.2, -0.15) is 18.3 Å². The Hall–Kier alpha value is -2.71. The lowest BCUT2D eigenvalue weighted by Gasteiger charge is -2.09. The number of nitrogens with one attached hydrogen (secondary N) is 1. The third kappa shape index (κ3) is 3.74. The van der Waals surface area contributed by atoms with Crippen molar-refractivity contribution in [3.63, 3.8) is 0 Å². The van der Waals surface area contributed by atoms with Gasteiger partial charge in [-0.25, -0.2) is 0 Å². The predicted molar refractivity (Wildman–Crippen MR) is 75.7 cm³/mol. The minimum atomic E-state index is -4.62. The second-order valence-corrected chi connectivity index (χ2v) is 4.59. The molecule has 0 unspecified atom stereocenters. The summed E-state index contributed by atoms with van der Waals surface area (Å²) in [6.07, 6.45) is -4.62. The fourth-order valence-electron chi connectivity index (χ4n) is 1.89. The maximum atomic E-state index is 12.6. The molecule has 9 heteroatoms. The van der Waals surface area contributed by atoms with Crippen molar-refractivity contribution in [1.29, 1.82) is 0 Å². The van der Waals surface area contributed by atoms with Crippen LogP contribution in [0.1, 0.15) is 16.2 Å². The van der Waals surface area contributed by atoms with Gasteiger partial charge in [-0.15, -0.1) is 0 Å². The molecule has 0 aliphatic heterocycles. The van der Waals surface area contributed by atoms with Crippen LogP contribution < -0.4 is 14.8 Å². The number of halogens is 3. The number of methoxy groups -OCH3 is 2. The number of amides is 1. The summed E-state index contributed by atoms with van der Waals surface area (Å²) >= 11 is 0. The maximum Gasteiger partial charge on any atom is 0.435 e. The van der Waals surface area contributed by atoms with Gasteiger partial charge in [0.15, 0.2) is 5.69 Å². The average Bonchev–Trinajstić information content (AvgIpc) is 2.89. The van der Waals surface area contributed by atoms with Gasteiger partial charge in [0, 0.05) is 37.0 Å². The highest BCUT2D eigenvalue weighted by Gasteiger charge is 2.35. The summed E-state index contributed by atoms with van der Waals surface area (Å²) in [4.78, 5) is 12.2. The zero-order valence-corrected chi connectivity index (χ0v) is 12.6. The summed E-state index contributed by atoms with van der Waals surface area (Å²) in [6.45, 7) is 0.